The van der Waals surface area contributed by atoms with Crippen LogP contribution in [0.4, 0.5) is 4.79 Å². The van der Waals surface area contributed by atoms with Crippen LogP contribution in [-0.4, -0.2) is 42.1 Å². The van der Waals surface area contributed by atoms with Crippen molar-refractivity contribution in [1.82, 2.24) is 10.2 Å². The highest BCUT2D eigenvalue weighted by Crippen LogP contribution is 2.35. The molecule has 0 aliphatic carbocycles. The number of ether oxygens (including phenoxy) is 1. The number of hydrogen-bond donors (Lipinski definition) is 1. The normalized spacial score (nSPS) is 17.1. The quantitative estimate of drug-likeness (QED) is 0.912. The third-order valence-corrected chi connectivity index (χ3v) is 4.71. The Morgan fingerprint density at radius 3 is 2.20 bits per heavy atom. The number of nitrogens with one attached hydrogen (secondary N) is 1. The van der Waals surface area contributed by atoms with E-state index in [-0.39, 0.29) is 17.4 Å². The van der Waals surface area contributed by atoms with E-state index in [0.717, 1.165) is 12.8 Å². The molecule has 2 rings (SSSR count). The van der Waals surface area contributed by atoms with Gasteiger partial charge in [0.1, 0.15) is 5.60 Å². The Bertz CT molecular complexity index is 609. The van der Waals surface area contributed by atoms with Crippen LogP contribution in [0, 0.1) is 6.92 Å². The fourth-order valence-electron chi connectivity index (χ4n) is 3.21. The van der Waals surface area contributed by atoms with Gasteiger partial charge in [0, 0.05) is 32.0 Å². The zero-order chi connectivity index (χ0) is 18.7. The number of aryl methyl sites for hydroxylation is 1. The maximum Gasteiger partial charge on any atom is 0.410 e. The van der Waals surface area contributed by atoms with E-state index in [1.807, 2.05) is 20.8 Å². The van der Waals surface area contributed by atoms with E-state index in [0.29, 0.717) is 19.6 Å². The minimum atomic E-state index is -0.487. The van der Waals surface area contributed by atoms with Gasteiger partial charge in [-0.05, 0) is 46.1 Å². The highest BCUT2D eigenvalue weighted by Gasteiger charge is 2.38. The van der Waals surface area contributed by atoms with Crippen LogP contribution in [0.1, 0.15) is 51.7 Å². The third kappa shape index (κ3) is 5.21. The predicted octanol–water partition coefficient (Wildman–Crippen LogP) is 3.40. The summed E-state index contributed by atoms with van der Waals surface area (Å²) in [5.41, 5.74) is 1.80. The van der Waals surface area contributed by atoms with Crippen molar-refractivity contribution < 1.29 is 14.3 Å². The number of benzene rings is 1. The summed E-state index contributed by atoms with van der Waals surface area (Å²) in [5.74, 6) is -0.0268. The van der Waals surface area contributed by atoms with E-state index in [4.69, 9.17) is 4.74 Å². The van der Waals surface area contributed by atoms with Gasteiger partial charge in [-0.25, -0.2) is 4.79 Å². The Morgan fingerprint density at radius 1 is 1.16 bits per heavy atom. The number of piperidine rings is 1. The van der Waals surface area contributed by atoms with Gasteiger partial charge in [-0.2, -0.15) is 0 Å². The average molecular weight is 346 g/mol. The van der Waals surface area contributed by atoms with Crippen molar-refractivity contribution in [2.24, 2.45) is 0 Å². The first-order valence-corrected chi connectivity index (χ1v) is 8.91. The summed E-state index contributed by atoms with van der Waals surface area (Å²) < 4.78 is 5.48. The molecule has 0 aromatic heterocycles. The second kappa shape index (κ2) is 7.46. The number of nitrogens with zero attached hydrogens (tertiary/aromatic N) is 1. The summed E-state index contributed by atoms with van der Waals surface area (Å²) in [7, 11) is 0. The Labute approximate surface area is 150 Å². The number of hydrogen-bond acceptors (Lipinski definition) is 3. The Balaban J connectivity index is 2.13. The second-order valence-corrected chi connectivity index (χ2v) is 8.02. The van der Waals surface area contributed by atoms with Crippen LogP contribution in [-0.2, 0) is 14.9 Å². The topological polar surface area (TPSA) is 58.6 Å². The molecule has 0 bridgehead atoms. The van der Waals surface area contributed by atoms with Crippen LogP contribution >= 0.6 is 0 Å². The molecule has 5 heteroatoms. The van der Waals surface area contributed by atoms with Gasteiger partial charge in [-0.3, -0.25) is 4.79 Å². The molecule has 1 saturated heterocycles. The number of carbonyl (C=O) groups excluding carboxylic acids is 2. The molecule has 1 aromatic carbocycles. The molecule has 1 aliphatic rings. The number of amides is 2. The largest absolute Gasteiger partial charge is 0.444 e. The van der Waals surface area contributed by atoms with Crippen LogP contribution in [0.15, 0.2) is 24.3 Å². The van der Waals surface area contributed by atoms with E-state index in [9.17, 15) is 9.59 Å². The smallest absolute Gasteiger partial charge is 0.410 e. The van der Waals surface area contributed by atoms with Gasteiger partial charge in [0.05, 0.1) is 0 Å². The molecule has 0 spiro atoms. The zero-order valence-electron chi connectivity index (χ0n) is 16.0. The summed E-state index contributed by atoms with van der Waals surface area (Å²) in [4.78, 5) is 25.5. The van der Waals surface area contributed by atoms with E-state index in [1.54, 1.807) is 11.8 Å². The molecule has 25 heavy (non-hydrogen) atoms. The number of likely N-dealkylation sites (tertiary alicyclic amines) is 1. The van der Waals surface area contributed by atoms with Crippen LogP contribution in [0.25, 0.3) is 0 Å². The average Bonchev–Trinajstić information content (AvgIpc) is 2.52. The van der Waals surface area contributed by atoms with Crippen molar-refractivity contribution in [1.29, 1.82) is 0 Å². The lowest BCUT2D eigenvalue weighted by atomic mass is 9.72. The van der Waals surface area contributed by atoms with Crippen molar-refractivity contribution in [3.63, 3.8) is 0 Å². The molecule has 1 heterocycles. The minimum absolute atomic E-state index is 0.0268. The van der Waals surface area contributed by atoms with Gasteiger partial charge >= 0.3 is 6.09 Å². The van der Waals surface area contributed by atoms with Gasteiger partial charge < -0.3 is 15.0 Å². The highest BCUT2D eigenvalue weighted by atomic mass is 16.6. The molecular weight excluding hydrogens is 316 g/mol. The number of carbonyl (C=O) groups is 2. The van der Waals surface area contributed by atoms with Gasteiger partial charge in [-0.1, -0.05) is 29.8 Å². The van der Waals surface area contributed by atoms with Gasteiger partial charge in [-0.15, -0.1) is 0 Å². The fourth-order valence-corrected chi connectivity index (χ4v) is 3.21. The standard InChI is InChI=1S/C20H30N2O3/c1-15-6-8-17(9-7-15)20(14-21-16(2)23)10-12-22(13-11-20)18(24)25-19(3,4)5/h6-9H,10-14H2,1-5H3,(H,21,23). The molecule has 1 aromatic rings. The first-order chi connectivity index (χ1) is 11.6. The van der Waals surface area contributed by atoms with Gasteiger partial charge in [0.25, 0.3) is 0 Å². The van der Waals surface area contributed by atoms with E-state index < -0.39 is 5.60 Å². The number of rotatable bonds is 3. The lowest BCUT2D eigenvalue weighted by molar-refractivity contribution is -0.119. The van der Waals surface area contributed by atoms with Crippen LogP contribution < -0.4 is 5.32 Å². The summed E-state index contributed by atoms with van der Waals surface area (Å²) in [5, 5.41) is 2.98. The summed E-state index contributed by atoms with van der Waals surface area (Å²) in [6, 6.07) is 8.48. The van der Waals surface area contributed by atoms with Crippen molar-refractivity contribution >= 4 is 12.0 Å². The van der Waals surface area contributed by atoms with Crippen molar-refractivity contribution in [2.75, 3.05) is 19.6 Å². The lowest BCUT2D eigenvalue weighted by Gasteiger charge is -2.42. The maximum atomic E-state index is 12.3. The monoisotopic (exact) mass is 346 g/mol. The fraction of sp³-hybridized carbons (Fsp3) is 0.600. The third-order valence-electron chi connectivity index (χ3n) is 4.71. The molecule has 1 aliphatic heterocycles. The van der Waals surface area contributed by atoms with Gasteiger partial charge in [0.15, 0.2) is 0 Å². The lowest BCUT2D eigenvalue weighted by Crippen LogP contribution is -2.51. The SMILES string of the molecule is CC(=O)NCC1(c2ccc(C)cc2)CCN(C(=O)OC(C)(C)C)CC1. The first kappa shape index (κ1) is 19.3. The Hall–Kier alpha value is -2.04. The molecular formula is C20H30N2O3. The first-order valence-electron chi connectivity index (χ1n) is 8.91. The molecule has 2 amide bonds. The molecule has 5 nitrogen and oxygen atoms in total. The maximum absolute atomic E-state index is 12.3. The van der Waals surface area contributed by atoms with E-state index >= 15 is 0 Å². The predicted molar refractivity (Wildman–Crippen MR) is 98.6 cm³/mol. The Morgan fingerprint density at radius 2 is 1.72 bits per heavy atom. The zero-order valence-corrected chi connectivity index (χ0v) is 16.0. The molecule has 1 N–H and O–H groups in total. The molecule has 0 atom stereocenters. The molecule has 1 fully saturated rings. The molecule has 0 unspecified atom stereocenters. The molecule has 0 radical (unpaired) electrons. The van der Waals surface area contributed by atoms with Crippen molar-refractivity contribution in [3.8, 4) is 0 Å². The van der Waals surface area contributed by atoms with Crippen LogP contribution in [0.5, 0.6) is 0 Å². The minimum Gasteiger partial charge on any atom is -0.444 e. The van der Waals surface area contributed by atoms with E-state index in [2.05, 4.69) is 36.5 Å². The van der Waals surface area contributed by atoms with Crippen molar-refractivity contribution in [2.45, 2.75) is 58.5 Å². The second-order valence-electron chi connectivity index (χ2n) is 8.02. The summed E-state index contributed by atoms with van der Waals surface area (Å²) in [6.45, 7) is 11.1. The molecule has 138 valence electrons. The summed E-state index contributed by atoms with van der Waals surface area (Å²) >= 11 is 0. The van der Waals surface area contributed by atoms with Crippen LogP contribution in [0.2, 0.25) is 0 Å². The summed E-state index contributed by atoms with van der Waals surface area (Å²) in [6.07, 6.45) is 1.34. The van der Waals surface area contributed by atoms with E-state index in [1.165, 1.54) is 11.1 Å². The van der Waals surface area contributed by atoms with Gasteiger partial charge in [0.2, 0.25) is 5.91 Å². The molecule has 0 saturated carbocycles. The van der Waals surface area contributed by atoms with Crippen molar-refractivity contribution in [3.05, 3.63) is 35.4 Å². The van der Waals surface area contributed by atoms with Crippen LogP contribution in [0.3, 0.4) is 0 Å². The highest BCUT2D eigenvalue weighted by molar-refractivity contribution is 5.73. The Kier molecular flexibility index (Phi) is 5.76.